The summed E-state index contributed by atoms with van der Waals surface area (Å²) < 4.78 is 4.71. The number of amides is 2. The van der Waals surface area contributed by atoms with Crippen LogP contribution >= 0.6 is 0 Å². The van der Waals surface area contributed by atoms with E-state index in [0.717, 1.165) is 31.0 Å². The molecule has 4 rings (SSSR count). The van der Waals surface area contributed by atoms with Gasteiger partial charge in [-0.25, -0.2) is 14.6 Å². The number of piperazine rings is 1. The molecule has 0 aliphatic carbocycles. The van der Waals surface area contributed by atoms with Crippen LogP contribution in [0.25, 0.3) is 0 Å². The summed E-state index contributed by atoms with van der Waals surface area (Å²) in [5.74, 6) is 0.940. The molecule has 2 heterocycles. The van der Waals surface area contributed by atoms with E-state index in [0.29, 0.717) is 43.4 Å². The van der Waals surface area contributed by atoms with Crippen molar-refractivity contribution < 1.29 is 14.3 Å². The quantitative estimate of drug-likeness (QED) is 0.397. The molecule has 1 fully saturated rings. The topological polar surface area (TPSA) is 103 Å². The molecule has 38 heavy (non-hydrogen) atoms. The lowest BCUT2D eigenvalue weighted by Crippen LogP contribution is -2.50. The van der Waals surface area contributed by atoms with Crippen LogP contribution in [0, 0.1) is 0 Å². The third-order valence-electron chi connectivity index (χ3n) is 6.45. The Kier molecular flexibility index (Phi) is 8.97. The molecule has 1 aliphatic heterocycles. The van der Waals surface area contributed by atoms with Gasteiger partial charge in [0.2, 0.25) is 5.95 Å². The van der Waals surface area contributed by atoms with Gasteiger partial charge in [0.25, 0.3) is 0 Å². The highest BCUT2D eigenvalue weighted by Gasteiger charge is 2.22. The second-order valence-electron chi connectivity index (χ2n) is 8.96. The molecule has 2 amide bonds. The first-order chi connectivity index (χ1) is 18.5. The molecule has 1 aromatic heterocycles. The van der Waals surface area contributed by atoms with Gasteiger partial charge in [0, 0.05) is 62.5 Å². The fourth-order valence-corrected chi connectivity index (χ4v) is 4.36. The van der Waals surface area contributed by atoms with Crippen molar-refractivity contribution in [1.82, 2.24) is 14.9 Å². The van der Waals surface area contributed by atoms with Gasteiger partial charge < -0.3 is 30.1 Å². The highest BCUT2D eigenvalue weighted by Crippen LogP contribution is 2.22. The van der Waals surface area contributed by atoms with E-state index in [2.05, 4.69) is 51.4 Å². The smallest absolute Gasteiger partial charge is 0.337 e. The standard InChI is InChI=1S/C28H35N7O3/c1-4-16-33(5-2)24-12-10-22(11-13-24)30-27-29-15-14-25(32-27)34-17-19-35(20-18-34)28(37)31-23-8-6-21(7-9-23)26(36)38-3/h6-15H,4-5,16-20H2,1-3H3,(H,31,37)(H,29,30,32). The van der Waals surface area contributed by atoms with Gasteiger partial charge in [0.05, 0.1) is 12.7 Å². The van der Waals surface area contributed by atoms with Crippen molar-refractivity contribution in [2.45, 2.75) is 20.3 Å². The van der Waals surface area contributed by atoms with Crippen LogP contribution in [0.5, 0.6) is 0 Å². The van der Waals surface area contributed by atoms with Gasteiger partial charge in [-0.15, -0.1) is 0 Å². The Morgan fingerprint density at radius 1 is 0.947 bits per heavy atom. The van der Waals surface area contributed by atoms with Crippen LogP contribution < -0.4 is 20.4 Å². The first kappa shape index (κ1) is 26.7. The average Bonchev–Trinajstić information content (AvgIpc) is 2.96. The molecule has 0 spiro atoms. The Labute approximate surface area is 223 Å². The molecule has 10 heteroatoms. The Morgan fingerprint density at radius 3 is 2.26 bits per heavy atom. The van der Waals surface area contributed by atoms with Crippen molar-refractivity contribution >= 4 is 40.8 Å². The summed E-state index contributed by atoms with van der Waals surface area (Å²) >= 11 is 0. The summed E-state index contributed by atoms with van der Waals surface area (Å²) in [6, 6.07) is 16.7. The fourth-order valence-electron chi connectivity index (χ4n) is 4.36. The Morgan fingerprint density at radius 2 is 1.63 bits per heavy atom. The van der Waals surface area contributed by atoms with Gasteiger partial charge in [0.15, 0.2) is 0 Å². The normalized spacial score (nSPS) is 13.1. The first-order valence-corrected chi connectivity index (χ1v) is 12.9. The van der Waals surface area contributed by atoms with Crippen molar-refractivity contribution in [1.29, 1.82) is 0 Å². The van der Waals surface area contributed by atoms with Gasteiger partial charge in [-0.05, 0) is 67.9 Å². The third-order valence-corrected chi connectivity index (χ3v) is 6.45. The number of aromatic nitrogens is 2. The highest BCUT2D eigenvalue weighted by molar-refractivity contribution is 5.92. The van der Waals surface area contributed by atoms with E-state index in [1.807, 2.05) is 18.2 Å². The lowest BCUT2D eigenvalue weighted by atomic mass is 10.2. The number of carbonyl (C=O) groups is 2. The molecule has 2 aromatic carbocycles. The minimum atomic E-state index is -0.411. The lowest BCUT2D eigenvalue weighted by molar-refractivity contribution is 0.0600. The minimum absolute atomic E-state index is 0.176. The third kappa shape index (κ3) is 6.70. The van der Waals surface area contributed by atoms with E-state index in [4.69, 9.17) is 9.72 Å². The maximum Gasteiger partial charge on any atom is 0.337 e. The summed E-state index contributed by atoms with van der Waals surface area (Å²) in [5.41, 5.74) is 3.19. The van der Waals surface area contributed by atoms with E-state index in [1.165, 1.54) is 12.8 Å². The van der Waals surface area contributed by atoms with Gasteiger partial charge in [0.1, 0.15) is 5.82 Å². The number of carbonyl (C=O) groups excluding carboxylic acids is 2. The number of hydrogen-bond donors (Lipinski definition) is 2. The number of anilines is 5. The van der Waals surface area contributed by atoms with E-state index in [-0.39, 0.29) is 6.03 Å². The summed E-state index contributed by atoms with van der Waals surface area (Å²) in [6.45, 7) is 8.80. The number of nitrogens with zero attached hydrogens (tertiary/aromatic N) is 5. The molecule has 0 atom stereocenters. The van der Waals surface area contributed by atoms with Crippen LogP contribution in [0.3, 0.4) is 0 Å². The summed E-state index contributed by atoms with van der Waals surface area (Å²) in [4.78, 5) is 39.7. The van der Waals surface area contributed by atoms with Crippen molar-refractivity contribution in [2.75, 3.05) is 66.8 Å². The fraction of sp³-hybridized carbons (Fsp3) is 0.357. The zero-order chi connectivity index (χ0) is 26.9. The van der Waals surface area contributed by atoms with Crippen LogP contribution in [0.2, 0.25) is 0 Å². The SMILES string of the molecule is CCCN(CC)c1ccc(Nc2nccc(N3CCN(C(=O)Nc4ccc(C(=O)OC)cc4)CC3)n2)cc1. The minimum Gasteiger partial charge on any atom is -0.465 e. The lowest BCUT2D eigenvalue weighted by Gasteiger charge is -2.35. The van der Waals surface area contributed by atoms with Crippen molar-refractivity contribution in [3.63, 3.8) is 0 Å². The van der Waals surface area contributed by atoms with Crippen molar-refractivity contribution in [3.05, 3.63) is 66.4 Å². The molecular formula is C28H35N7O3. The van der Waals surface area contributed by atoms with Gasteiger partial charge in [-0.3, -0.25) is 0 Å². The molecular weight excluding hydrogens is 482 g/mol. The Hall–Kier alpha value is -4.34. The predicted octanol–water partition coefficient (Wildman–Crippen LogP) is 4.60. The van der Waals surface area contributed by atoms with E-state index >= 15 is 0 Å². The largest absolute Gasteiger partial charge is 0.465 e. The summed E-state index contributed by atoms with van der Waals surface area (Å²) in [6.07, 6.45) is 2.86. The molecule has 3 aromatic rings. The van der Waals surface area contributed by atoms with Gasteiger partial charge >= 0.3 is 12.0 Å². The number of nitrogens with one attached hydrogen (secondary N) is 2. The second kappa shape index (κ2) is 12.8. The zero-order valence-electron chi connectivity index (χ0n) is 22.2. The number of urea groups is 1. The van der Waals surface area contributed by atoms with Crippen LogP contribution in [0.4, 0.5) is 33.6 Å². The van der Waals surface area contributed by atoms with E-state index in [1.54, 1.807) is 35.4 Å². The maximum atomic E-state index is 12.7. The summed E-state index contributed by atoms with van der Waals surface area (Å²) in [5, 5.41) is 6.18. The predicted molar refractivity (Wildman–Crippen MR) is 151 cm³/mol. The molecule has 0 unspecified atom stereocenters. The molecule has 10 nitrogen and oxygen atoms in total. The van der Waals surface area contributed by atoms with Crippen LogP contribution in [0.15, 0.2) is 60.8 Å². The Balaban J connectivity index is 1.30. The Bertz CT molecular complexity index is 1210. The number of benzene rings is 2. The maximum absolute atomic E-state index is 12.7. The summed E-state index contributed by atoms with van der Waals surface area (Å²) in [7, 11) is 1.34. The average molecular weight is 518 g/mol. The molecule has 2 N–H and O–H groups in total. The van der Waals surface area contributed by atoms with Crippen LogP contribution in [-0.4, -0.2) is 73.2 Å². The highest BCUT2D eigenvalue weighted by atomic mass is 16.5. The molecule has 1 saturated heterocycles. The van der Waals surface area contributed by atoms with E-state index < -0.39 is 5.97 Å². The monoisotopic (exact) mass is 517 g/mol. The van der Waals surface area contributed by atoms with Gasteiger partial charge in [-0.1, -0.05) is 6.92 Å². The second-order valence-corrected chi connectivity index (χ2v) is 8.96. The zero-order valence-corrected chi connectivity index (χ0v) is 22.2. The molecule has 0 bridgehead atoms. The number of ether oxygens (including phenoxy) is 1. The van der Waals surface area contributed by atoms with Crippen LogP contribution in [0.1, 0.15) is 30.6 Å². The van der Waals surface area contributed by atoms with Crippen LogP contribution in [-0.2, 0) is 4.74 Å². The number of methoxy groups -OCH3 is 1. The molecule has 0 radical (unpaired) electrons. The van der Waals surface area contributed by atoms with Crippen molar-refractivity contribution in [2.24, 2.45) is 0 Å². The molecule has 0 saturated carbocycles. The number of esters is 1. The van der Waals surface area contributed by atoms with Gasteiger partial charge in [-0.2, -0.15) is 4.98 Å². The molecule has 1 aliphatic rings. The first-order valence-electron chi connectivity index (χ1n) is 12.9. The van der Waals surface area contributed by atoms with E-state index in [9.17, 15) is 9.59 Å². The number of hydrogen-bond acceptors (Lipinski definition) is 8. The van der Waals surface area contributed by atoms with Crippen molar-refractivity contribution in [3.8, 4) is 0 Å². The number of rotatable bonds is 9. The molecule has 200 valence electrons.